The summed E-state index contributed by atoms with van der Waals surface area (Å²) in [6.07, 6.45) is 5.54. The summed E-state index contributed by atoms with van der Waals surface area (Å²) in [6.45, 7) is 3.89. The molecule has 1 saturated heterocycles. The Morgan fingerprint density at radius 2 is 2.31 bits per heavy atom. The number of hydrogen-bond acceptors (Lipinski definition) is 6. The molecule has 1 aliphatic rings. The lowest BCUT2D eigenvalue weighted by Crippen LogP contribution is -2.38. The zero-order chi connectivity index (χ0) is 17.9. The van der Waals surface area contributed by atoms with Crippen molar-refractivity contribution in [3.05, 3.63) is 36.4 Å². The second kappa shape index (κ2) is 7.25. The van der Waals surface area contributed by atoms with Gasteiger partial charge < -0.3 is 15.4 Å². The van der Waals surface area contributed by atoms with E-state index in [1.54, 1.807) is 17.6 Å². The maximum absolute atomic E-state index is 14.8. The normalized spacial score (nSPS) is 17.4. The molecule has 2 N–H and O–H groups in total. The van der Waals surface area contributed by atoms with E-state index in [1.165, 1.54) is 0 Å². The standard InChI is InChI=1S/C18H21FN6O/c1-2-26-18-15(19)17(22-12-6-5-8-20-10-12)23-16(24-18)13-11-21-25-9-4-3-7-14(13)25/h3-4,7,9,11-12,20H,2,5-6,8,10H2,1H3,(H,22,23,24)/t12-/m1/s1. The maximum atomic E-state index is 14.8. The smallest absolute Gasteiger partial charge is 0.256 e. The Morgan fingerprint density at radius 1 is 1.38 bits per heavy atom. The van der Waals surface area contributed by atoms with Gasteiger partial charge in [0, 0.05) is 18.8 Å². The van der Waals surface area contributed by atoms with Crippen molar-refractivity contribution in [3.8, 4) is 17.3 Å². The molecule has 0 bridgehead atoms. The monoisotopic (exact) mass is 356 g/mol. The van der Waals surface area contributed by atoms with Gasteiger partial charge in [0.25, 0.3) is 5.88 Å². The Hall–Kier alpha value is -2.74. The minimum absolute atomic E-state index is 0.0425. The van der Waals surface area contributed by atoms with Crippen LogP contribution >= 0.6 is 0 Å². The minimum atomic E-state index is -0.558. The van der Waals surface area contributed by atoms with Crippen molar-refractivity contribution in [2.45, 2.75) is 25.8 Å². The highest BCUT2D eigenvalue weighted by atomic mass is 19.1. The molecule has 0 aromatic carbocycles. The van der Waals surface area contributed by atoms with Crippen molar-refractivity contribution >= 4 is 11.3 Å². The Morgan fingerprint density at radius 3 is 3.12 bits per heavy atom. The molecule has 1 fully saturated rings. The van der Waals surface area contributed by atoms with Gasteiger partial charge in [-0.3, -0.25) is 0 Å². The van der Waals surface area contributed by atoms with Crippen molar-refractivity contribution in [2.75, 3.05) is 25.0 Å². The molecule has 0 saturated carbocycles. The topological polar surface area (TPSA) is 76.4 Å². The van der Waals surface area contributed by atoms with Crippen LogP contribution in [0.5, 0.6) is 5.88 Å². The summed E-state index contributed by atoms with van der Waals surface area (Å²) in [5.74, 6) is -0.0403. The molecule has 3 aromatic heterocycles. The van der Waals surface area contributed by atoms with Crippen LogP contribution in [0.2, 0.25) is 0 Å². The van der Waals surface area contributed by atoms with E-state index in [0.717, 1.165) is 37.0 Å². The van der Waals surface area contributed by atoms with Crippen LogP contribution in [0.1, 0.15) is 19.8 Å². The van der Waals surface area contributed by atoms with E-state index in [4.69, 9.17) is 4.74 Å². The number of hydrogen-bond donors (Lipinski definition) is 2. The van der Waals surface area contributed by atoms with Gasteiger partial charge in [-0.1, -0.05) is 6.07 Å². The van der Waals surface area contributed by atoms with Gasteiger partial charge in [-0.05, 0) is 38.4 Å². The summed E-state index contributed by atoms with van der Waals surface area (Å²) in [5, 5.41) is 10.8. The molecule has 0 unspecified atom stereocenters. The van der Waals surface area contributed by atoms with Crippen LogP contribution in [-0.4, -0.2) is 45.3 Å². The van der Waals surface area contributed by atoms with Gasteiger partial charge in [0.05, 0.1) is 23.9 Å². The number of anilines is 1. The lowest BCUT2D eigenvalue weighted by Gasteiger charge is -2.24. The average Bonchev–Trinajstić information content (AvgIpc) is 3.10. The van der Waals surface area contributed by atoms with E-state index in [1.807, 2.05) is 24.4 Å². The molecule has 0 spiro atoms. The first-order chi connectivity index (χ1) is 12.8. The van der Waals surface area contributed by atoms with Crippen LogP contribution in [0.4, 0.5) is 10.2 Å². The van der Waals surface area contributed by atoms with Gasteiger partial charge in [-0.2, -0.15) is 14.5 Å². The third kappa shape index (κ3) is 3.20. The lowest BCUT2D eigenvalue weighted by atomic mass is 10.1. The summed E-state index contributed by atoms with van der Waals surface area (Å²) in [6, 6.07) is 5.86. The predicted molar refractivity (Wildman–Crippen MR) is 96.9 cm³/mol. The fourth-order valence-corrected chi connectivity index (χ4v) is 3.15. The highest BCUT2D eigenvalue weighted by Gasteiger charge is 2.22. The first-order valence-electron chi connectivity index (χ1n) is 8.86. The summed E-state index contributed by atoms with van der Waals surface area (Å²) in [4.78, 5) is 8.73. The van der Waals surface area contributed by atoms with Crippen LogP contribution in [0, 0.1) is 5.82 Å². The molecular formula is C18H21FN6O. The molecular weight excluding hydrogens is 335 g/mol. The zero-order valence-corrected chi connectivity index (χ0v) is 14.6. The van der Waals surface area contributed by atoms with Crippen LogP contribution < -0.4 is 15.4 Å². The van der Waals surface area contributed by atoms with E-state index < -0.39 is 5.82 Å². The molecule has 0 aliphatic carbocycles. The molecule has 1 atom stereocenters. The van der Waals surface area contributed by atoms with Crippen LogP contribution in [0.3, 0.4) is 0 Å². The Bertz CT molecular complexity index is 906. The molecule has 136 valence electrons. The molecule has 26 heavy (non-hydrogen) atoms. The summed E-state index contributed by atoms with van der Waals surface area (Å²) in [5.41, 5.74) is 1.59. The van der Waals surface area contributed by atoms with E-state index in [2.05, 4.69) is 25.7 Å². The number of rotatable bonds is 5. The quantitative estimate of drug-likeness (QED) is 0.731. The second-order valence-corrected chi connectivity index (χ2v) is 6.22. The van der Waals surface area contributed by atoms with Gasteiger partial charge in [0.2, 0.25) is 5.82 Å². The molecule has 0 radical (unpaired) electrons. The van der Waals surface area contributed by atoms with E-state index in [9.17, 15) is 4.39 Å². The van der Waals surface area contributed by atoms with Gasteiger partial charge in [-0.15, -0.1) is 0 Å². The Balaban J connectivity index is 1.76. The number of aromatic nitrogens is 4. The summed E-state index contributed by atoms with van der Waals surface area (Å²) in [7, 11) is 0. The van der Waals surface area contributed by atoms with Crippen LogP contribution in [0.15, 0.2) is 30.6 Å². The van der Waals surface area contributed by atoms with Crippen molar-refractivity contribution < 1.29 is 9.13 Å². The molecule has 3 aromatic rings. The van der Waals surface area contributed by atoms with Crippen LogP contribution in [0.25, 0.3) is 16.9 Å². The van der Waals surface area contributed by atoms with Crippen molar-refractivity contribution in [1.82, 2.24) is 24.9 Å². The Labute approximate surface area is 150 Å². The highest BCUT2D eigenvalue weighted by molar-refractivity contribution is 5.76. The SMILES string of the molecule is CCOc1nc(-c2cnn3ccccc23)nc(N[C@@H]2CCCNC2)c1F. The zero-order valence-electron chi connectivity index (χ0n) is 14.6. The predicted octanol–water partition coefficient (Wildman–Crippen LogP) is 2.49. The van der Waals surface area contributed by atoms with Gasteiger partial charge in [-0.25, -0.2) is 9.50 Å². The highest BCUT2D eigenvalue weighted by Crippen LogP contribution is 2.29. The fourth-order valence-electron chi connectivity index (χ4n) is 3.15. The van der Waals surface area contributed by atoms with E-state index in [0.29, 0.717) is 12.4 Å². The van der Waals surface area contributed by atoms with Crippen LogP contribution in [-0.2, 0) is 0 Å². The van der Waals surface area contributed by atoms with Crippen molar-refractivity contribution in [1.29, 1.82) is 0 Å². The number of nitrogens with one attached hydrogen (secondary N) is 2. The molecule has 4 heterocycles. The number of halogens is 1. The number of pyridine rings is 1. The maximum Gasteiger partial charge on any atom is 0.256 e. The Kier molecular flexibility index (Phi) is 4.66. The molecule has 8 heteroatoms. The first-order valence-corrected chi connectivity index (χ1v) is 8.86. The largest absolute Gasteiger partial charge is 0.476 e. The third-order valence-electron chi connectivity index (χ3n) is 4.41. The van der Waals surface area contributed by atoms with Gasteiger partial charge >= 0.3 is 0 Å². The number of fused-ring (bicyclic) bond motifs is 1. The number of piperidine rings is 1. The van der Waals surface area contributed by atoms with E-state index >= 15 is 0 Å². The number of ether oxygens (including phenoxy) is 1. The fraction of sp³-hybridized carbons (Fsp3) is 0.389. The molecule has 4 rings (SSSR count). The minimum Gasteiger partial charge on any atom is -0.476 e. The summed E-state index contributed by atoms with van der Waals surface area (Å²) < 4.78 is 21.9. The summed E-state index contributed by atoms with van der Waals surface area (Å²) >= 11 is 0. The van der Waals surface area contributed by atoms with Gasteiger partial charge in [0.15, 0.2) is 11.6 Å². The first kappa shape index (κ1) is 16.7. The van der Waals surface area contributed by atoms with Crippen molar-refractivity contribution in [3.63, 3.8) is 0 Å². The molecule has 1 aliphatic heterocycles. The second-order valence-electron chi connectivity index (χ2n) is 6.22. The molecule has 7 nitrogen and oxygen atoms in total. The third-order valence-corrected chi connectivity index (χ3v) is 4.41. The lowest BCUT2D eigenvalue weighted by molar-refractivity contribution is 0.307. The molecule has 0 amide bonds. The average molecular weight is 356 g/mol. The van der Waals surface area contributed by atoms with E-state index in [-0.39, 0.29) is 17.7 Å². The number of nitrogens with zero attached hydrogens (tertiary/aromatic N) is 4. The van der Waals surface area contributed by atoms with Crippen molar-refractivity contribution in [2.24, 2.45) is 0 Å². The van der Waals surface area contributed by atoms with Gasteiger partial charge in [0.1, 0.15) is 0 Å².